The Balaban J connectivity index is 1.36. The van der Waals surface area contributed by atoms with Crippen molar-refractivity contribution in [3.8, 4) is 5.75 Å². The zero-order chi connectivity index (χ0) is 16.2. The SMILES string of the molecule is O=C(NCCCN1CCC(O)CC1)C1Cc2cc(F)ccc2O1. The Labute approximate surface area is 135 Å². The Kier molecular flexibility index (Phi) is 5.13. The van der Waals surface area contributed by atoms with Gasteiger partial charge in [-0.3, -0.25) is 4.79 Å². The van der Waals surface area contributed by atoms with Crippen LogP contribution in [0.1, 0.15) is 24.8 Å². The number of halogens is 1. The molecule has 6 heteroatoms. The zero-order valence-electron chi connectivity index (χ0n) is 13.1. The minimum atomic E-state index is -0.558. The first-order chi connectivity index (χ1) is 11.1. The fraction of sp³-hybridized carbons (Fsp3) is 0.588. The van der Waals surface area contributed by atoms with E-state index in [4.69, 9.17) is 4.74 Å². The quantitative estimate of drug-likeness (QED) is 0.797. The minimum absolute atomic E-state index is 0.143. The van der Waals surface area contributed by atoms with E-state index in [-0.39, 0.29) is 17.8 Å². The van der Waals surface area contributed by atoms with Crippen LogP contribution in [0.3, 0.4) is 0 Å². The largest absolute Gasteiger partial charge is 0.480 e. The number of nitrogens with zero attached hydrogens (tertiary/aromatic N) is 1. The number of carbonyl (C=O) groups is 1. The van der Waals surface area contributed by atoms with Gasteiger partial charge in [-0.15, -0.1) is 0 Å². The van der Waals surface area contributed by atoms with Gasteiger partial charge in [-0.25, -0.2) is 4.39 Å². The summed E-state index contributed by atoms with van der Waals surface area (Å²) in [4.78, 5) is 14.4. The van der Waals surface area contributed by atoms with E-state index in [9.17, 15) is 14.3 Å². The zero-order valence-corrected chi connectivity index (χ0v) is 13.1. The molecule has 1 aromatic rings. The predicted molar refractivity (Wildman–Crippen MR) is 83.8 cm³/mol. The molecule has 0 aromatic heterocycles. The van der Waals surface area contributed by atoms with E-state index in [2.05, 4.69) is 10.2 Å². The Hall–Kier alpha value is -1.66. The molecule has 2 aliphatic heterocycles. The standard InChI is InChI=1S/C17H23FN2O3/c18-13-2-3-15-12(10-13)11-16(23-15)17(22)19-6-1-7-20-8-4-14(21)5-9-20/h2-3,10,14,16,21H,1,4-9,11H2,(H,19,22). The number of carbonyl (C=O) groups excluding carboxylic acids is 1. The Morgan fingerprint density at radius 3 is 2.96 bits per heavy atom. The number of benzene rings is 1. The third kappa shape index (κ3) is 4.20. The number of ether oxygens (including phenoxy) is 1. The molecule has 0 spiro atoms. The van der Waals surface area contributed by atoms with Gasteiger partial charge in [-0.05, 0) is 44.0 Å². The molecule has 126 valence electrons. The summed E-state index contributed by atoms with van der Waals surface area (Å²) in [6.07, 6.45) is 2.24. The number of hydrogen-bond donors (Lipinski definition) is 2. The number of nitrogens with one attached hydrogen (secondary N) is 1. The number of fused-ring (bicyclic) bond motifs is 1. The lowest BCUT2D eigenvalue weighted by Crippen LogP contribution is -2.40. The lowest BCUT2D eigenvalue weighted by molar-refractivity contribution is -0.127. The first-order valence-corrected chi connectivity index (χ1v) is 8.25. The highest BCUT2D eigenvalue weighted by Gasteiger charge is 2.29. The van der Waals surface area contributed by atoms with Crippen LogP contribution in [0.4, 0.5) is 4.39 Å². The van der Waals surface area contributed by atoms with E-state index in [1.165, 1.54) is 12.1 Å². The molecule has 0 aliphatic carbocycles. The first-order valence-electron chi connectivity index (χ1n) is 8.25. The number of aliphatic hydroxyl groups excluding tert-OH is 1. The number of rotatable bonds is 5. The van der Waals surface area contributed by atoms with Crippen molar-refractivity contribution in [3.05, 3.63) is 29.6 Å². The maximum absolute atomic E-state index is 13.2. The van der Waals surface area contributed by atoms with Crippen molar-refractivity contribution in [1.29, 1.82) is 0 Å². The third-order valence-electron chi connectivity index (χ3n) is 4.50. The molecule has 2 aliphatic rings. The second kappa shape index (κ2) is 7.27. The minimum Gasteiger partial charge on any atom is -0.480 e. The van der Waals surface area contributed by atoms with E-state index < -0.39 is 6.10 Å². The monoisotopic (exact) mass is 322 g/mol. The molecule has 5 nitrogen and oxygen atoms in total. The van der Waals surface area contributed by atoms with E-state index >= 15 is 0 Å². The van der Waals surface area contributed by atoms with E-state index in [0.29, 0.717) is 18.7 Å². The van der Waals surface area contributed by atoms with Crippen LogP contribution in [-0.2, 0) is 11.2 Å². The summed E-state index contributed by atoms with van der Waals surface area (Å²) in [6, 6.07) is 4.34. The van der Waals surface area contributed by atoms with Gasteiger partial charge in [0.1, 0.15) is 11.6 Å². The maximum atomic E-state index is 13.2. The number of piperidine rings is 1. The lowest BCUT2D eigenvalue weighted by atomic mass is 10.1. The van der Waals surface area contributed by atoms with Crippen LogP contribution < -0.4 is 10.1 Å². The van der Waals surface area contributed by atoms with Crippen molar-refractivity contribution in [2.24, 2.45) is 0 Å². The van der Waals surface area contributed by atoms with E-state index in [1.807, 2.05) is 0 Å². The smallest absolute Gasteiger partial charge is 0.261 e. The summed E-state index contributed by atoms with van der Waals surface area (Å²) in [6.45, 7) is 3.36. The van der Waals surface area contributed by atoms with Gasteiger partial charge in [0.25, 0.3) is 5.91 Å². The molecule has 0 radical (unpaired) electrons. The highest BCUT2D eigenvalue weighted by atomic mass is 19.1. The van der Waals surface area contributed by atoms with Crippen molar-refractivity contribution in [2.45, 2.75) is 37.9 Å². The first kappa shape index (κ1) is 16.2. The molecular formula is C17H23FN2O3. The van der Waals surface area contributed by atoms with Crippen LogP contribution in [-0.4, -0.2) is 54.3 Å². The molecule has 1 fully saturated rings. The molecule has 3 rings (SSSR count). The summed E-state index contributed by atoms with van der Waals surface area (Å²) in [5, 5.41) is 12.4. The van der Waals surface area contributed by atoms with E-state index in [0.717, 1.165) is 44.5 Å². The summed E-state index contributed by atoms with van der Waals surface area (Å²) >= 11 is 0. The molecule has 0 bridgehead atoms. The van der Waals surface area contributed by atoms with Crippen LogP contribution in [0.25, 0.3) is 0 Å². The second-order valence-corrected chi connectivity index (χ2v) is 6.28. The lowest BCUT2D eigenvalue weighted by Gasteiger charge is -2.29. The molecule has 1 unspecified atom stereocenters. The molecule has 2 heterocycles. The summed E-state index contributed by atoms with van der Waals surface area (Å²) in [5.74, 6) is 0.147. The second-order valence-electron chi connectivity index (χ2n) is 6.28. The number of amides is 1. The van der Waals surface area contributed by atoms with Crippen molar-refractivity contribution >= 4 is 5.91 Å². The van der Waals surface area contributed by atoms with Gasteiger partial charge in [-0.1, -0.05) is 0 Å². The molecule has 23 heavy (non-hydrogen) atoms. The van der Waals surface area contributed by atoms with Gasteiger partial charge >= 0.3 is 0 Å². The van der Waals surface area contributed by atoms with Crippen LogP contribution in [0.15, 0.2) is 18.2 Å². The Bertz CT molecular complexity index is 559. The fourth-order valence-corrected chi connectivity index (χ4v) is 3.13. The third-order valence-corrected chi connectivity index (χ3v) is 4.50. The Morgan fingerprint density at radius 2 is 2.17 bits per heavy atom. The fourth-order valence-electron chi connectivity index (χ4n) is 3.13. The molecule has 2 N–H and O–H groups in total. The van der Waals surface area contributed by atoms with E-state index in [1.54, 1.807) is 6.07 Å². The normalized spacial score (nSPS) is 21.7. The summed E-state index contributed by atoms with van der Waals surface area (Å²) in [5.41, 5.74) is 0.747. The Morgan fingerprint density at radius 1 is 1.39 bits per heavy atom. The highest BCUT2D eigenvalue weighted by molar-refractivity contribution is 5.82. The number of likely N-dealkylation sites (tertiary alicyclic amines) is 1. The van der Waals surface area contributed by atoms with Crippen molar-refractivity contribution in [3.63, 3.8) is 0 Å². The summed E-state index contributed by atoms with van der Waals surface area (Å²) in [7, 11) is 0. The number of aliphatic hydroxyl groups is 1. The number of hydrogen-bond acceptors (Lipinski definition) is 4. The van der Waals surface area contributed by atoms with Gasteiger partial charge in [-0.2, -0.15) is 0 Å². The molecule has 0 saturated carbocycles. The van der Waals surface area contributed by atoms with Gasteiger partial charge in [0.15, 0.2) is 6.10 Å². The van der Waals surface area contributed by atoms with Crippen molar-refractivity contribution in [1.82, 2.24) is 10.2 Å². The molecule has 1 saturated heterocycles. The van der Waals surface area contributed by atoms with Crippen LogP contribution in [0, 0.1) is 5.82 Å². The van der Waals surface area contributed by atoms with Crippen LogP contribution >= 0.6 is 0 Å². The van der Waals surface area contributed by atoms with Crippen LogP contribution in [0.5, 0.6) is 5.75 Å². The van der Waals surface area contributed by atoms with Crippen LogP contribution in [0.2, 0.25) is 0 Å². The molecule has 1 amide bonds. The molecule has 1 atom stereocenters. The maximum Gasteiger partial charge on any atom is 0.261 e. The van der Waals surface area contributed by atoms with Gasteiger partial charge in [0, 0.05) is 31.6 Å². The highest BCUT2D eigenvalue weighted by Crippen LogP contribution is 2.29. The average Bonchev–Trinajstić information content (AvgIpc) is 2.96. The van der Waals surface area contributed by atoms with Gasteiger partial charge < -0.3 is 20.1 Å². The van der Waals surface area contributed by atoms with Crippen molar-refractivity contribution in [2.75, 3.05) is 26.2 Å². The van der Waals surface area contributed by atoms with Gasteiger partial charge in [0.2, 0.25) is 0 Å². The topological polar surface area (TPSA) is 61.8 Å². The van der Waals surface area contributed by atoms with Gasteiger partial charge in [0.05, 0.1) is 6.10 Å². The van der Waals surface area contributed by atoms with Crippen molar-refractivity contribution < 1.29 is 19.0 Å². The molecule has 1 aromatic carbocycles. The predicted octanol–water partition coefficient (Wildman–Crippen LogP) is 1.09. The average molecular weight is 322 g/mol. The summed E-state index contributed by atoms with van der Waals surface area (Å²) < 4.78 is 18.7. The molecular weight excluding hydrogens is 299 g/mol.